The van der Waals surface area contributed by atoms with Crippen molar-refractivity contribution in [3.63, 3.8) is 0 Å². The summed E-state index contributed by atoms with van der Waals surface area (Å²) < 4.78 is 53.3. The Labute approximate surface area is 177 Å². The lowest BCUT2D eigenvalue weighted by Crippen LogP contribution is -2.53. The maximum Gasteiger partial charge on any atom is 0.471 e. The molecule has 32 heavy (non-hydrogen) atoms. The van der Waals surface area contributed by atoms with Gasteiger partial charge in [-0.25, -0.2) is 19.0 Å². The van der Waals surface area contributed by atoms with E-state index in [9.17, 15) is 22.4 Å². The summed E-state index contributed by atoms with van der Waals surface area (Å²) in [5, 5.41) is 12.1. The Morgan fingerprint density at radius 1 is 1.16 bits per heavy atom. The molecule has 3 aromatic heterocycles. The molecular weight excluding hydrogens is 430 g/mol. The van der Waals surface area contributed by atoms with Gasteiger partial charge in [-0.2, -0.15) is 23.4 Å². The van der Waals surface area contributed by atoms with Crippen LogP contribution in [-0.4, -0.2) is 60.0 Å². The molecule has 1 saturated heterocycles. The fourth-order valence-corrected chi connectivity index (χ4v) is 3.63. The summed E-state index contributed by atoms with van der Waals surface area (Å²) in [4.78, 5) is 20.7. The Kier molecular flexibility index (Phi) is 4.64. The third-order valence-electron chi connectivity index (χ3n) is 5.29. The molecule has 0 unspecified atom stereocenters. The Bertz CT molecular complexity index is 1310. The molecule has 4 aromatic rings. The third-order valence-corrected chi connectivity index (χ3v) is 5.29. The van der Waals surface area contributed by atoms with Gasteiger partial charge in [-0.15, -0.1) is 0 Å². The molecule has 0 spiro atoms. The van der Waals surface area contributed by atoms with Gasteiger partial charge in [0.15, 0.2) is 17.3 Å². The number of nitrogens with one attached hydrogen (secondary N) is 1. The van der Waals surface area contributed by atoms with Crippen LogP contribution in [0.5, 0.6) is 0 Å². The fraction of sp³-hybridized carbons (Fsp3) is 0.250. The first-order valence-corrected chi connectivity index (χ1v) is 9.65. The first-order valence-electron chi connectivity index (χ1n) is 9.65. The van der Waals surface area contributed by atoms with Crippen molar-refractivity contribution in [2.24, 2.45) is 0 Å². The number of aromatic amines is 1. The molecule has 0 saturated carbocycles. The van der Waals surface area contributed by atoms with Crippen molar-refractivity contribution in [1.82, 2.24) is 34.8 Å². The molecule has 4 heterocycles. The molecule has 0 aliphatic carbocycles. The summed E-state index contributed by atoms with van der Waals surface area (Å²) in [6.45, 7) is -0.0718. The predicted molar refractivity (Wildman–Crippen MR) is 104 cm³/mol. The molecule has 8 nitrogen and oxygen atoms in total. The van der Waals surface area contributed by atoms with Gasteiger partial charge in [-0.05, 0) is 18.2 Å². The number of benzene rings is 1. The number of carbonyl (C=O) groups is 1. The Morgan fingerprint density at radius 3 is 2.69 bits per heavy atom. The van der Waals surface area contributed by atoms with Gasteiger partial charge < -0.3 is 4.90 Å². The molecule has 0 bridgehead atoms. The van der Waals surface area contributed by atoms with Crippen molar-refractivity contribution >= 4 is 16.9 Å². The van der Waals surface area contributed by atoms with Gasteiger partial charge in [0.25, 0.3) is 0 Å². The van der Waals surface area contributed by atoms with Crippen molar-refractivity contribution in [3.05, 3.63) is 59.8 Å². The van der Waals surface area contributed by atoms with Crippen molar-refractivity contribution < 1.29 is 22.4 Å². The third kappa shape index (κ3) is 3.47. The quantitative estimate of drug-likeness (QED) is 0.488. The fourth-order valence-electron chi connectivity index (χ4n) is 3.63. The molecule has 1 amide bonds. The van der Waals surface area contributed by atoms with E-state index in [4.69, 9.17) is 0 Å². The molecule has 0 atom stereocenters. The lowest BCUT2D eigenvalue weighted by Gasteiger charge is -2.37. The molecule has 5 rings (SSSR count). The van der Waals surface area contributed by atoms with Crippen LogP contribution >= 0.6 is 0 Å². The lowest BCUT2D eigenvalue weighted by atomic mass is 9.99. The summed E-state index contributed by atoms with van der Waals surface area (Å²) in [7, 11) is 0. The van der Waals surface area contributed by atoms with Crippen LogP contribution < -0.4 is 0 Å². The minimum absolute atomic E-state index is 0.111. The number of alkyl halides is 3. The highest BCUT2D eigenvalue weighted by Gasteiger charge is 2.47. The van der Waals surface area contributed by atoms with Crippen LogP contribution in [0.4, 0.5) is 17.6 Å². The number of aromatic nitrogens is 6. The minimum Gasteiger partial charge on any atom is -0.333 e. The van der Waals surface area contributed by atoms with Crippen LogP contribution in [0.3, 0.4) is 0 Å². The van der Waals surface area contributed by atoms with E-state index in [1.54, 1.807) is 41.2 Å². The Balaban J connectivity index is 1.41. The number of halogens is 4. The second kappa shape index (κ2) is 7.39. The zero-order valence-corrected chi connectivity index (χ0v) is 16.3. The van der Waals surface area contributed by atoms with E-state index >= 15 is 0 Å². The first kappa shape index (κ1) is 20.1. The topological polar surface area (TPSA) is 92.6 Å². The van der Waals surface area contributed by atoms with Gasteiger partial charge in [0, 0.05) is 24.8 Å². The average molecular weight is 445 g/mol. The second-order valence-electron chi connectivity index (χ2n) is 7.42. The summed E-state index contributed by atoms with van der Waals surface area (Å²) in [6, 6.07) is 9.87. The second-order valence-corrected chi connectivity index (χ2v) is 7.42. The number of carbonyl (C=O) groups excluding carboxylic acids is 1. The number of pyridine rings is 1. The van der Waals surface area contributed by atoms with Crippen molar-refractivity contribution in [2.45, 2.75) is 18.6 Å². The minimum atomic E-state index is -4.90. The maximum atomic E-state index is 14.1. The number of nitrogens with zero attached hydrogens (tertiary/aromatic N) is 6. The van der Waals surface area contributed by atoms with Crippen LogP contribution in [0, 0.1) is 5.82 Å². The highest BCUT2D eigenvalue weighted by atomic mass is 19.4. The number of amides is 1. The number of H-pyrrole nitrogens is 1. The molecule has 0 radical (unpaired) electrons. The maximum absolute atomic E-state index is 14.1. The van der Waals surface area contributed by atoms with Crippen molar-refractivity contribution in [1.29, 1.82) is 0 Å². The van der Waals surface area contributed by atoms with E-state index in [1.807, 2.05) is 0 Å². The van der Waals surface area contributed by atoms with E-state index in [0.717, 1.165) is 0 Å². The normalized spacial score (nSPS) is 14.7. The average Bonchev–Trinajstić information content (AvgIpc) is 3.33. The summed E-state index contributed by atoms with van der Waals surface area (Å²) in [5.41, 5.74) is 1.40. The van der Waals surface area contributed by atoms with E-state index in [1.165, 1.54) is 6.07 Å². The van der Waals surface area contributed by atoms with Crippen LogP contribution in [0.15, 0.2) is 42.6 Å². The Morgan fingerprint density at radius 2 is 1.94 bits per heavy atom. The molecule has 164 valence electrons. The van der Waals surface area contributed by atoms with Crippen molar-refractivity contribution in [2.75, 3.05) is 13.1 Å². The molecule has 1 N–H and O–H groups in total. The van der Waals surface area contributed by atoms with Crippen LogP contribution in [0.1, 0.15) is 17.3 Å². The molecule has 12 heteroatoms. The molecular formula is C20H15F4N7O. The SMILES string of the molecule is O=C(N1CC(c2n[nH]c(-c3nn(Cc4ccccc4F)c4ncccc34)n2)C1)C(F)(F)F. The van der Waals surface area contributed by atoms with Crippen LogP contribution in [-0.2, 0) is 11.3 Å². The molecule has 1 aliphatic rings. The standard InChI is InChI=1S/C20H15F4N7O/c21-14-6-2-1-4-11(14)10-31-18-13(5-3-7-25-18)15(29-31)17-26-16(27-28-17)12-8-30(9-12)19(32)20(22,23)24/h1-7,12H,8-10H2,(H,26,27,28). The predicted octanol–water partition coefficient (Wildman–Crippen LogP) is 2.89. The number of hydrogen-bond donors (Lipinski definition) is 1. The smallest absolute Gasteiger partial charge is 0.333 e. The van der Waals surface area contributed by atoms with Gasteiger partial charge in [-0.3, -0.25) is 9.89 Å². The number of fused-ring (bicyclic) bond motifs is 1. The summed E-state index contributed by atoms with van der Waals surface area (Å²) in [5.74, 6) is -2.03. The van der Waals surface area contributed by atoms with Crippen LogP contribution in [0.25, 0.3) is 22.6 Å². The van der Waals surface area contributed by atoms with E-state index in [-0.39, 0.29) is 25.5 Å². The zero-order valence-electron chi connectivity index (χ0n) is 16.3. The number of rotatable bonds is 4. The van der Waals surface area contributed by atoms with Gasteiger partial charge in [0.1, 0.15) is 11.5 Å². The van der Waals surface area contributed by atoms with Crippen molar-refractivity contribution in [3.8, 4) is 11.5 Å². The largest absolute Gasteiger partial charge is 0.471 e. The van der Waals surface area contributed by atoms with E-state index < -0.39 is 18.0 Å². The summed E-state index contributed by atoms with van der Waals surface area (Å²) in [6.07, 6.45) is -3.30. The number of likely N-dealkylation sites (tertiary alicyclic amines) is 1. The van der Waals surface area contributed by atoms with Crippen LogP contribution in [0.2, 0.25) is 0 Å². The van der Waals surface area contributed by atoms with Gasteiger partial charge >= 0.3 is 12.1 Å². The highest BCUT2D eigenvalue weighted by molar-refractivity contribution is 5.89. The van der Waals surface area contributed by atoms with Gasteiger partial charge in [0.2, 0.25) is 0 Å². The van der Waals surface area contributed by atoms with Gasteiger partial charge in [0.05, 0.1) is 17.8 Å². The Hall–Kier alpha value is -3.83. The first-order chi connectivity index (χ1) is 15.3. The summed E-state index contributed by atoms with van der Waals surface area (Å²) >= 11 is 0. The molecule has 1 fully saturated rings. The van der Waals surface area contributed by atoms with Gasteiger partial charge in [-0.1, -0.05) is 18.2 Å². The lowest BCUT2D eigenvalue weighted by molar-refractivity contribution is -0.190. The molecule has 1 aromatic carbocycles. The van der Waals surface area contributed by atoms with E-state index in [2.05, 4.69) is 25.3 Å². The molecule has 1 aliphatic heterocycles. The highest BCUT2D eigenvalue weighted by Crippen LogP contribution is 2.31. The monoisotopic (exact) mass is 445 g/mol. The number of hydrogen-bond acceptors (Lipinski definition) is 5. The zero-order chi connectivity index (χ0) is 22.5. The van der Waals surface area contributed by atoms with E-state index in [0.29, 0.717) is 38.8 Å².